The van der Waals surface area contributed by atoms with E-state index in [9.17, 15) is 8.42 Å². The molecule has 0 saturated heterocycles. The number of rotatable bonds is 10. The van der Waals surface area contributed by atoms with Gasteiger partial charge in [-0.1, -0.05) is 19.9 Å². The maximum Gasteiger partial charge on any atom is 0.212 e. The second-order valence-corrected chi connectivity index (χ2v) is 5.67. The lowest BCUT2D eigenvalue weighted by atomic mass is 10.1. The van der Waals surface area contributed by atoms with E-state index in [1.807, 2.05) is 6.08 Å². The van der Waals surface area contributed by atoms with Gasteiger partial charge in [0, 0.05) is 19.1 Å². The van der Waals surface area contributed by atoms with Crippen LogP contribution in [0.15, 0.2) is 12.7 Å². The number of sulfonamides is 1. The van der Waals surface area contributed by atoms with Gasteiger partial charge in [-0.25, -0.2) is 13.1 Å². The van der Waals surface area contributed by atoms with Crippen molar-refractivity contribution in [3.63, 3.8) is 0 Å². The second kappa shape index (κ2) is 8.73. The fraction of sp³-hybridized carbons (Fsp3) is 0.818. The first-order chi connectivity index (χ1) is 7.55. The predicted molar refractivity (Wildman–Crippen MR) is 69.0 cm³/mol. The Hall–Kier alpha value is -0.390. The summed E-state index contributed by atoms with van der Waals surface area (Å²) in [7, 11) is -3.09. The van der Waals surface area contributed by atoms with Crippen molar-refractivity contribution in [2.24, 2.45) is 0 Å². The van der Waals surface area contributed by atoms with Crippen LogP contribution in [0.5, 0.6) is 0 Å². The lowest BCUT2D eigenvalue weighted by Crippen LogP contribution is -2.36. The zero-order valence-corrected chi connectivity index (χ0v) is 11.1. The number of hydrogen-bond acceptors (Lipinski definition) is 3. The molecule has 0 aromatic rings. The molecule has 0 bridgehead atoms. The van der Waals surface area contributed by atoms with Crippen molar-refractivity contribution in [3.8, 4) is 0 Å². The van der Waals surface area contributed by atoms with Gasteiger partial charge in [0.1, 0.15) is 0 Å². The van der Waals surface area contributed by atoms with Gasteiger partial charge in [0.25, 0.3) is 0 Å². The van der Waals surface area contributed by atoms with Gasteiger partial charge in [0.2, 0.25) is 10.0 Å². The highest BCUT2D eigenvalue weighted by molar-refractivity contribution is 7.89. The topological polar surface area (TPSA) is 58.2 Å². The summed E-state index contributed by atoms with van der Waals surface area (Å²) in [6.45, 7) is 8.51. The Morgan fingerprint density at radius 1 is 1.38 bits per heavy atom. The Morgan fingerprint density at radius 3 is 2.56 bits per heavy atom. The van der Waals surface area contributed by atoms with E-state index in [-0.39, 0.29) is 5.75 Å². The summed E-state index contributed by atoms with van der Waals surface area (Å²) in [5.74, 6) is 0.144. The highest BCUT2D eigenvalue weighted by Crippen LogP contribution is 2.01. The molecule has 0 fully saturated rings. The Balaban J connectivity index is 3.81. The summed E-state index contributed by atoms with van der Waals surface area (Å²) < 4.78 is 25.2. The lowest BCUT2D eigenvalue weighted by Gasteiger charge is -2.15. The van der Waals surface area contributed by atoms with Crippen LogP contribution < -0.4 is 10.0 Å². The van der Waals surface area contributed by atoms with Gasteiger partial charge < -0.3 is 5.32 Å². The van der Waals surface area contributed by atoms with E-state index >= 15 is 0 Å². The molecule has 0 aromatic carbocycles. The molecule has 1 unspecified atom stereocenters. The van der Waals surface area contributed by atoms with Crippen molar-refractivity contribution in [3.05, 3.63) is 12.7 Å². The van der Waals surface area contributed by atoms with E-state index in [2.05, 4.69) is 23.5 Å². The SMILES string of the molecule is C=CCCC(CC)NCCS(=O)(=O)NCC. The van der Waals surface area contributed by atoms with E-state index < -0.39 is 10.0 Å². The zero-order chi connectivity index (χ0) is 12.4. The Labute approximate surface area is 99.6 Å². The van der Waals surface area contributed by atoms with Crippen LogP contribution in [0.25, 0.3) is 0 Å². The van der Waals surface area contributed by atoms with Gasteiger partial charge in [-0.05, 0) is 19.3 Å². The number of allylic oxidation sites excluding steroid dienone is 1. The fourth-order valence-corrected chi connectivity index (χ4v) is 2.43. The van der Waals surface area contributed by atoms with Crippen molar-refractivity contribution in [2.45, 2.75) is 39.2 Å². The van der Waals surface area contributed by atoms with Gasteiger partial charge in [-0.2, -0.15) is 0 Å². The minimum atomic E-state index is -3.09. The van der Waals surface area contributed by atoms with E-state index in [1.54, 1.807) is 6.92 Å². The quantitative estimate of drug-likeness (QED) is 0.572. The molecule has 5 heteroatoms. The molecule has 1 atom stereocenters. The summed E-state index contributed by atoms with van der Waals surface area (Å²) in [6.07, 6.45) is 4.88. The van der Waals surface area contributed by atoms with Crippen LogP contribution in [0.3, 0.4) is 0 Å². The first kappa shape index (κ1) is 15.6. The fourth-order valence-electron chi connectivity index (χ4n) is 1.46. The van der Waals surface area contributed by atoms with Crippen LogP contribution in [0.1, 0.15) is 33.1 Å². The molecule has 96 valence electrons. The third-order valence-electron chi connectivity index (χ3n) is 2.38. The third kappa shape index (κ3) is 7.84. The summed E-state index contributed by atoms with van der Waals surface area (Å²) >= 11 is 0. The maximum absolute atomic E-state index is 11.3. The molecular formula is C11H24N2O2S. The average Bonchev–Trinajstić information content (AvgIpc) is 2.22. The molecule has 0 aliphatic carbocycles. The van der Waals surface area contributed by atoms with E-state index in [4.69, 9.17) is 0 Å². The van der Waals surface area contributed by atoms with Crippen molar-refractivity contribution in [2.75, 3.05) is 18.8 Å². The summed E-state index contributed by atoms with van der Waals surface area (Å²) in [5.41, 5.74) is 0. The largest absolute Gasteiger partial charge is 0.313 e. The summed E-state index contributed by atoms with van der Waals surface area (Å²) in [4.78, 5) is 0. The molecule has 4 nitrogen and oxygen atoms in total. The van der Waals surface area contributed by atoms with Crippen molar-refractivity contribution in [1.29, 1.82) is 0 Å². The smallest absolute Gasteiger partial charge is 0.212 e. The lowest BCUT2D eigenvalue weighted by molar-refractivity contribution is 0.482. The normalized spacial score (nSPS) is 13.6. The highest BCUT2D eigenvalue weighted by Gasteiger charge is 2.09. The first-order valence-corrected chi connectivity index (χ1v) is 7.52. The minimum absolute atomic E-state index is 0.144. The van der Waals surface area contributed by atoms with Gasteiger partial charge in [-0.15, -0.1) is 6.58 Å². The molecule has 0 saturated carbocycles. The van der Waals surface area contributed by atoms with Gasteiger partial charge in [0.15, 0.2) is 0 Å². The Morgan fingerprint density at radius 2 is 2.06 bits per heavy atom. The average molecular weight is 248 g/mol. The van der Waals surface area contributed by atoms with Crippen molar-refractivity contribution >= 4 is 10.0 Å². The number of hydrogen-bond donors (Lipinski definition) is 2. The second-order valence-electron chi connectivity index (χ2n) is 3.74. The van der Waals surface area contributed by atoms with Crippen LogP contribution >= 0.6 is 0 Å². The molecule has 0 aliphatic rings. The van der Waals surface area contributed by atoms with Crippen molar-refractivity contribution < 1.29 is 8.42 Å². The first-order valence-electron chi connectivity index (χ1n) is 5.87. The summed E-state index contributed by atoms with van der Waals surface area (Å²) in [5, 5.41) is 3.25. The Kier molecular flexibility index (Phi) is 8.51. The molecule has 0 rings (SSSR count). The van der Waals surface area contributed by atoms with Gasteiger partial charge in [0.05, 0.1) is 5.75 Å². The molecule has 0 spiro atoms. The van der Waals surface area contributed by atoms with E-state index in [0.717, 1.165) is 19.3 Å². The standard InChI is InChI=1S/C11H24N2O2S/c1-4-7-8-11(5-2)12-9-10-16(14,15)13-6-3/h4,11-13H,1,5-10H2,2-3H3. The van der Waals surface area contributed by atoms with Crippen LogP contribution in [0, 0.1) is 0 Å². The molecule has 2 N–H and O–H groups in total. The van der Waals surface area contributed by atoms with Crippen LogP contribution in [-0.2, 0) is 10.0 Å². The van der Waals surface area contributed by atoms with Gasteiger partial charge >= 0.3 is 0 Å². The van der Waals surface area contributed by atoms with Crippen LogP contribution in [0.4, 0.5) is 0 Å². The highest BCUT2D eigenvalue weighted by atomic mass is 32.2. The molecule has 16 heavy (non-hydrogen) atoms. The van der Waals surface area contributed by atoms with Gasteiger partial charge in [-0.3, -0.25) is 0 Å². The molecule has 0 aliphatic heterocycles. The summed E-state index contributed by atoms with van der Waals surface area (Å²) in [6, 6.07) is 0.384. The van der Waals surface area contributed by atoms with E-state index in [1.165, 1.54) is 0 Å². The molecule has 0 heterocycles. The molecule has 0 amide bonds. The Bertz CT molecular complexity index is 276. The monoisotopic (exact) mass is 248 g/mol. The third-order valence-corrected chi connectivity index (χ3v) is 3.85. The van der Waals surface area contributed by atoms with Crippen molar-refractivity contribution in [1.82, 2.24) is 10.0 Å². The van der Waals surface area contributed by atoms with Crippen LogP contribution in [0.2, 0.25) is 0 Å². The van der Waals surface area contributed by atoms with Crippen LogP contribution in [-0.4, -0.2) is 33.3 Å². The molecular weight excluding hydrogens is 224 g/mol. The number of nitrogens with one attached hydrogen (secondary N) is 2. The molecule has 0 radical (unpaired) electrons. The predicted octanol–water partition coefficient (Wildman–Crippen LogP) is 1.26. The maximum atomic E-state index is 11.3. The van der Waals surface area contributed by atoms with E-state index in [0.29, 0.717) is 19.1 Å². The zero-order valence-electron chi connectivity index (χ0n) is 10.3. The minimum Gasteiger partial charge on any atom is -0.313 e. The molecule has 0 aromatic heterocycles.